The molecule has 0 spiro atoms. The molecule has 3 nitrogen and oxygen atoms in total. The maximum absolute atomic E-state index is 10.4. The molecule has 0 bridgehead atoms. The maximum Gasteiger partial charge on any atom is 0.325 e. The van der Waals surface area contributed by atoms with E-state index >= 15 is 0 Å². The van der Waals surface area contributed by atoms with E-state index in [0.29, 0.717) is 6.42 Å². The molecule has 0 rings (SSSR count). The Bertz CT molecular complexity index is 146. The van der Waals surface area contributed by atoms with E-state index in [0.717, 1.165) is 12.8 Å². The Morgan fingerprint density at radius 2 is 1.50 bits per heavy atom. The second-order valence-electron chi connectivity index (χ2n) is 2.85. The molecule has 0 atom stereocenters. The van der Waals surface area contributed by atoms with Gasteiger partial charge in [0.2, 0.25) is 0 Å². The topological polar surface area (TPSA) is 57.5 Å². The Labute approximate surface area is 87.2 Å². The van der Waals surface area contributed by atoms with Crippen LogP contribution in [0.4, 0.5) is 0 Å². The molecule has 0 radical (unpaired) electrons. The summed E-state index contributed by atoms with van der Waals surface area (Å²) in [5, 5.41) is 0. The van der Waals surface area contributed by atoms with Gasteiger partial charge in [0, 0.05) is 6.16 Å². The van der Waals surface area contributed by atoms with Crippen molar-refractivity contribution in [2.75, 3.05) is 10.6 Å². The van der Waals surface area contributed by atoms with E-state index in [4.69, 9.17) is 9.79 Å². The summed E-state index contributed by atoms with van der Waals surface area (Å²) in [7, 11) is -3.72. The minimum absolute atomic E-state index is 0.0528. The highest BCUT2D eigenvalue weighted by molar-refractivity contribution is 14.1. The summed E-state index contributed by atoms with van der Waals surface area (Å²) in [4.78, 5) is 17.1. The van der Waals surface area contributed by atoms with E-state index < -0.39 is 7.60 Å². The van der Waals surface area contributed by atoms with E-state index in [1.54, 1.807) is 0 Å². The van der Waals surface area contributed by atoms with Crippen molar-refractivity contribution in [3.63, 3.8) is 0 Å². The van der Waals surface area contributed by atoms with Crippen LogP contribution in [0.2, 0.25) is 0 Å². The average molecular weight is 306 g/mol. The zero-order valence-corrected chi connectivity index (χ0v) is 10.1. The normalized spacial score (nSPS) is 11.9. The maximum atomic E-state index is 10.4. The van der Waals surface area contributed by atoms with Crippen molar-refractivity contribution in [1.29, 1.82) is 0 Å². The first-order valence-electron chi connectivity index (χ1n) is 4.17. The molecule has 0 aliphatic rings. The van der Waals surface area contributed by atoms with Gasteiger partial charge in [-0.15, -0.1) is 0 Å². The molecule has 0 saturated heterocycles. The van der Waals surface area contributed by atoms with Crippen LogP contribution in [0.25, 0.3) is 0 Å². The van der Waals surface area contributed by atoms with Gasteiger partial charge < -0.3 is 9.79 Å². The van der Waals surface area contributed by atoms with Gasteiger partial charge >= 0.3 is 7.60 Å². The van der Waals surface area contributed by atoms with Gasteiger partial charge in [-0.25, -0.2) is 0 Å². The van der Waals surface area contributed by atoms with Crippen molar-refractivity contribution in [2.24, 2.45) is 0 Å². The molecule has 0 heterocycles. The summed E-state index contributed by atoms with van der Waals surface area (Å²) in [6, 6.07) is 0. The van der Waals surface area contributed by atoms with Crippen LogP contribution in [-0.2, 0) is 4.57 Å². The van der Waals surface area contributed by atoms with Gasteiger partial charge in [-0.1, -0.05) is 41.9 Å². The van der Waals surface area contributed by atoms with Gasteiger partial charge in [0.1, 0.15) is 0 Å². The van der Waals surface area contributed by atoms with Crippen LogP contribution >= 0.6 is 30.2 Å². The van der Waals surface area contributed by atoms with Crippen molar-refractivity contribution in [3.8, 4) is 0 Å². The molecule has 5 heteroatoms. The van der Waals surface area contributed by atoms with Crippen LogP contribution in [0.15, 0.2) is 0 Å². The van der Waals surface area contributed by atoms with Crippen LogP contribution in [0, 0.1) is 0 Å². The minimum atomic E-state index is -3.72. The lowest BCUT2D eigenvalue weighted by Crippen LogP contribution is -1.88. The third-order valence-electron chi connectivity index (χ3n) is 1.58. The van der Waals surface area contributed by atoms with E-state index in [-0.39, 0.29) is 6.16 Å². The lowest BCUT2D eigenvalue weighted by molar-refractivity contribution is 0.370. The molecular weight excluding hydrogens is 290 g/mol. The number of unbranched alkanes of at least 4 members (excludes halogenated alkanes) is 4. The van der Waals surface area contributed by atoms with Gasteiger partial charge in [-0.3, -0.25) is 4.57 Å². The van der Waals surface area contributed by atoms with Crippen LogP contribution in [-0.4, -0.2) is 20.4 Å². The standard InChI is InChI=1S/C7H16IO3P/c8-6-4-2-1-3-5-7-12(9,10)11/h1-7H2,(H2,9,10,11). The Kier molecular flexibility index (Phi) is 7.83. The molecule has 0 fully saturated rings. The first-order chi connectivity index (χ1) is 5.56. The molecule has 74 valence electrons. The van der Waals surface area contributed by atoms with Crippen LogP contribution in [0.3, 0.4) is 0 Å². The molecule has 0 aromatic carbocycles. The zero-order chi connectivity index (χ0) is 9.45. The predicted octanol–water partition coefficient (Wildman–Crippen LogP) is 2.55. The molecule has 0 aliphatic carbocycles. The highest BCUT2D eigenvalue weighted by atomic mass is 127. The van der Waals surface area contributed by atoms with Crippen LogP contribution in [0.1, 0.15) is 32.1 Å². The van der Waals surface area contributed by atoms with E-state index in [2.05, 4.69) is 22.6 Å². The lowest BCUT2D eigenvalue weighted by atomic mass is 10.2. The minimum Gasteiger partial charge on any atom is -0.324 e. The number of hydrogen-bond donors (Lipinski definition) is 2. The summed E-state index contributed by atoms with van der Waals surface area (Å²) in [5.74, 6) is 0. The van der Waals surface area contributed by atoms with Crippen molar-refractivity contribution in [3.05, 3.63) is 0 Å². The molecule has 12 heavy (non-hydrogen) atoms. The molecule has 0 aromatic rings. The number of hydrogen-bond acceptors (Lipinski definition) is 1. The summed E-state index contributed by atoms with van der Waals surface area (Å²) >= 11 is 2.34. The fraction of sp³-hybridized carbons (Fsp3) is 1.00. The SMILES string of the molecule is O=P(O)(O)CCCCCCCI. The Morgan fingerprint density at radius 1 is 1.00 bits per heavy atom. The van der Waals surface area contributed by atoms with Gasteiger partial charge in [0.25, 0.3) is 0 Å². The monoisotopic (exact) mass is 306 g/mol. The number of alkyl halides is 1. The average Bonchev–Trinajstić information content (AvgIpc) is 1.94. The summed E-state index contributed by atoms with van der Waals surface area (Å²) in [6.07, 6.45) is 5.16. The quantitative estimate of drug-likeness (QED) is 0.329. The number of rotatable bonds is 7. The van der Waals surface area contributed by atoms with E-state index in [1.165, 1.54) is 17.3 Å². The second kappa shape index (κ2) is 7.30. The fourth-order valence-electron chi connectivity index (χ4n) is 0.943. The molecule has 0 amide bonds. The zero-order valence-electron chi connectivity index (χ0n) is 7.08. The van der Waals surface area contributed by atoms with Gasteiger partial charge in [-0.2, -0.15) is 0 Å². The Hall–Kier alpha value is 0.880. The Morgan fingerprint density at radius 3 is 2.00 bits per heavy atom. The molecule has 0 aromatic heterocycles. The molecule has 0 aliphatic heterocycles. The van der Waals surface area contributed by atoms with Gasteiger partial charge in [0.05, 0.1) is 0 Å². The second-order valence-corrected chi connectivity index (χ2v) is 5.70. The van der Waals surface area contributed by atoms with Crippen molar-refractivity contribution in [1.82, 2.24) is 0 Å². The molecule has 0 saturated carbocycles. The predicted molar refractivity (Wildman–Crippen MR) is 58.9 cm³/mol. The smallest absolute Gasteiger partial charge is 0.324 e. The highest BCUT2D eigenvalue weighted by Gasteiger charge is 2.10. The fourth-order valence-corrected chi connectivity index (χ4v) is 2.12. The third kappa shape index (κ3) is 10.9. The lowest BCUT2D eigenvalue weighted by Gasteiger charge is -2.02. The van der Waals surface area contributed by atoms with Crippen molar-refractivity contribution >= 4 is 30.2 Å². The largest absolute Gasteiger partial charge is 0.325 e. The van der Waals surface area contributed by atoms with E-state index in [1.807, 2.05) is 0 Å². The molecular formula is C7H16IO3P. The summed E-state index contributed by atoms with van der Waals surface area (Å²) in [6.45, 7) is 0. The molecule has 0 unspecified atom stereocenters. The van der Waals surface area contributed by atoms with Crippen LogP contribution in [0.5, 0.6) is 0 Å². The Balaban J connectivity index is 3.06. The summed E-state index contributed by atoms with van der Waals surface area (Å²) < 4.78 is 11.6. The highest BCUT2D eigenvalue weighted by Crippen LogP contribution is 2.35. The van der Waals surface area contributed by atoms with Crippen molar-refractivity contribution < 1.29 is 14.4 Å². The van der Waals surface area contributed by atoms with Gasteiger partial charge in [0.15, 0.2) is 0 Å². The third-order valence-corrected chi connectivity index (χ3v) is 3.24. The van der Waals surface area contributed by atoms with Crippen molar-refractivity contribution in [2.45, 2.75) is 32.1 Å². The first kappa shape index (κ1) is 12.9. The molecule has 2 N–H and O–H groups in total. The first-order valence-corrected chi connectivity index (χ1v) is 7.49. The van der Waals surface area contributed by atoms with Crippen LogP contribution < -0.4 is 0 Å². The van der Waals surface area contributed by atoms with Gasteiger partial charge in [-0.05, 0) is 17.3 Å². The van der Waals surface area contributed by atoms with E-state index in [9.17, 15) is 4.57 Å². The number of halogens is 1. The summed E-state index contributed by atoms with van der Waals surface area (Å²) in [5.41, 5.74) is 0.